The molecule has 10 heteroatoms. The number of fused-ring (bicyclic) bond motifs is 1. The van der Waals surface area contributed by atoms with Crippen molar-refractivity contribution in [2.24, 2.45) is 4.99 Å². The Balaban J connectivity index is 1.81. The summed E-state index contributed by atoms with van der Waals surface area (Å²) in [4.78, 5) is 28.7. The number of urea groups is 1. The molecule has 186 valence electrons. The molecule has 3 aromatic rings. The van der Waals surface area contributed by atoms with Crippen LogP contribution in [0.2, 0.25) is 5.02 Å². The van der Waals surface area contributed by atoms with Crippen LogP contribution in [0.15, 0.2) is 51.9 Å². The number of aryl methyl sites for hydroxylation is 2. The first kappa shape index (κ1) is 26.1. The molecular weight excluding hydrogens is 472 g/mol. The maximum Gasteiger partial charge on any atom is 0.339 e. The predicted octanol–water partition coefficient (Wildman–Crippen LogP) is 3.96. The van der Waals surface area contributed by atoms with Gasteiger partial charge in [-0.25, -0.2) is 14.6 Å². The monoisotopic (exact) mass is 500 g/mol. The Bertz CT molecular complexity index is 1230. The summed E-state index contributed by atoms with van der Waals surface area (Å²) in [6.45, 7) is 5.29. The van der Waals surface area contributed by atoms with Crippen molar-refractivity contribution < 1.29 is 23.8 Å². The van der Waals surface area contributed by atoms with Gasteiger partial charge in [0.2, 0.25) is 5.96 Å². The third kappa shape index (κ3) is 6.74. The highest BCUT2D eigenvalue weighted by Crippen LogP contribution is 2.29. The molecule has 0 radical (unpaired) electrons. The van der Waals surface area contributed by atoms with Crippen LogP contribution in [0.3, 0.4) is 0 Å². The molecule has 4 N–H and O–H groups in total. The number of hydrogen-bond acceptors (Lipinski definition) is 6. The minimum absolute atomic E-state index is 0.173. The predicted molar refractivity (Wildman–Crippen MR) is 135 cm³/mol. The number of hydrogen-bond donors (Lipinski definition) is 4. The Labute approximate surface area is 208 Å². The summed E-state index contributed by atoms with van der Waals surface area (Å²) in [5, 5.41) is 19.9. The van der Waals surface area contributed by atoms with Gasteiger partial charge >= 0.3 is 12.0 Å². The number of amides is 2. The van der Waals surface area contributed by atoms with Crippen LogP contribution >= 0.6 is 11.6 Å². The number of carbonyl (C=O) groups is 2. The molecular formula is C25H29ClN4O5. The molecule has 0 aliphatic carbocycles. The second-order valence-electron chi connectivity index (χ2n) is 8.20. The summed E-state index contributed by atoms with van der Waals surface area (Å²) >= 11 is 5.96. The molecule has 1 unspecified atom stereocenters. The fourth-order valence-corrected chi connectivity index (χ4v) is 3.52. The smallest absolute Gasteiger partial charge is 0.339 e. The topological polar surface area (TPSA) is 125 Å². The Hall–Kier alpha value is -3.56. The molecule has 0 bridgehead atoms. The van der Waals surface area contributed by atoms with E-state index in [1.165, 1.54) is 6.92 Å². The minimum atomic E-state index is -1.87. The standard InChI is InChI=1S/C25H29ClN4O5/c1-5-20-15(2)19-12-18(10-11-21(19)35-20)29-23(27-13-16-6-8-17(26)9-7-16)30-24(32)28-14-25(3,33)22(31)34-4/h6-12,33H,5,13-14H2,1-4H3,(H3,27,28,29,30,32). The average Bonchev–Trinajstić information content (AvgIpc) is 3.16. The normalized spacial score (nSPS) is 13.3. The molecule has 0 fully saturated rings. The molecule has 1 aromatic heterocycles. The number of nitrogens with one attached hydrogen (secondary N) is 3. The molecule has 0 saturated heterocycles. The van der Waals surface area contributed by atoms with Gasteiger partial charge in [-0.15, -0.1) is 0 Å². The van der Waals surface area contributed by atoms with Gasteiger partial charge < -0.3 is 24.9 Å². The van der Waals surface area contributed by atoms with Crippen LogP contribution in [-0.4, -0.2) is 42.3 Å². The summed E-state index contributed by atoms with van der Waals surface area (Å²) in [6, 6.07) is 12.1. The molecule has 35 heavy (non-hydrogen) atoms. The second kappa shape index (κ2) is 11.2. The number of benzene rings is 2. The molecule has 2 amide bonds. The summed E-state index contributed by atoms with van der Waals surface area (Å²) in [7, 11) is 1.16. The van der Waals surface area contributed by atoms with Crippen molar-refractivity contribution in [2.75, 3.05) is 13.7 Å². The molecule has 9 nitrogen and oxygen atoms in total. The number of guanidine groups is 1. The first-order chi connectivity index (χ1) is 16.6. The zero-order chi connectivity index (χ0) is 25.6. The molecule has 1 atom stereocenters. The third-order valence-corrected chi connectivity index (χ3v) is 5.66. The molecule has 0 spiro atoms. The summed E-state index contributed by atoms with van der Waals surface area (Å²) in [5.74, 6) is 0.228. The number of aliphatic hydroxyl groups is 1. The number of halogens is 1. The highest BCUT2D eigenvalue weighted by molar-refractivity contribution is 6.30. The van der Waals surface area contributed by atoms with E-state index in [1.807, 2.05) is 38.1 Å². The van der Waals surface area contributed by atoms with Crippen molar-refractivity contribution in [1.29, 1.82) is 0 Å². The van der Waals surface area contributed by atoms with Gasteiger partial charge in [-0.1, -0.05) is 30.7 Å². The van der Waals surface area contributed by atoms with Gasteiger partial charge in [0.25, 0.3) is 0 Å². The molecule has 2 aromatic carbocycles. The van der Waals surface area contributed by atoms with Gasteiger partial charge in [0, 0.05) is 23.4 Å². The van der Waals surface area contributed by atoms with E-state index in [-0.39, 0.29) is 12.5 Å². The van der Waals surface area contributed by atoms with Crippen LogP contribution in [0.25, 0.3) is 11.0 Å². The third-order valence-electron chi connectivity index (χ3n) is 5.40. The molecule has 0 aliphatic rings. The zero-order valence-electron chi connectivity index (χ0n) is 20.1. The quantitative estimate of drug-likeness (QED) is 0.221. The largest absolute Gasteiger partial charge is 0.467 e. The van der Waals surface area contributed by atoms with Crippen molar-refractivity contribution in [3.8, 4) is 0 Å². The van der Waals surface area contributed by atoms with Crippen LogP contribution in [0.1, 0.15) is 30.7 Å². The van der Waals surface area contributed by atoms with Crippen molar-refractivity contribution in [3.63, 3.8) is 0 Å². The Morgan fingerprint density at radius 2 is 1.89 bits per heavy atom. The molecule has 1 heterocycles. The van der Waals surface area contributed by atoms with E-state index < -0.39 is 17.6 Å². The van der Waals surface area contributed by atoms with E-state index >= 15 is 0 Å². The van der Waals surface area contributed by atoms with Crippen LogP contribution in [0.5, 0.6) is 0 Å². The fourth-order valence-electron chi connectivity index (χ4n) is 3.39. The first-order valence-corrected chi connectivity index (χ1v) is 11.5. The zero-order valence-corrected chi connectivity index (χ0v) is 20.8. The van der Waals surface area contributed by atoms with Crippen LogP contribution in [0, 0.1) is 6.92 Å². The van der Waals surface area contributed by atoms with Crippen molar-refractivity contribution in [1.82, 2.24) is 16.0 Å². The maximum atomic E-state index is 12.5. The van der Waals surface area contributed by atoms with Crippen molar-refractivity contribution >= 4 is 46.2 Å². The number of methoxy groups -OCH3 is 1. The van der Waals surface area contributed by atoms with E-state index in [0.717, 1.165) is 41.4 Å². The number of esters is 1. The number of carbonyl (C=O) groups excluding carboxylic acids is 2. The number of furan rings is 1. The van der Waals surface area contributed by atoms with E-state index in [2.05, 4.69) is 25.7 Å². The Morgan fingerprint density at radius 3 is 2.54 bits per heavy atom. The van der Waals surface area contributed by atoms with Crippen LogP contribution < -0.4 is 16.0 Å². The summed E-state index contributed by atoms with van der Waals surface area (Å²) in [6.07, 6.45) is 0.782. The number of aliphatic imine (C=N–C) groups is 1. The summed E-state index contributed by atoms with van der Waals surface area (Å²) < 4.78 is 10.4. The highest BCUT2D eigenvalue weighted by atomic mass is 35.5. The molecule has 3 rings (SSSR count). The van der Waals surface area contributed by atoms with Crippen LogP contribution in [-0.2, 0) is 22.5 Å². The molecule has 0 saturated carbocycles. The second-order valence-corrected chi connectivity index (χ2v) is 8.63. The minimum Gasteiger partial charge on any atom is -0.467 e. The van der Waals surface area contributed by atoms with Crippen LogP contribution in [0.4, 0.5) is 10.5 Å². The lowest BCUT2D eigenvalue weighted by atomic mass is 10.1. The van der Waals surface area contributed by atoms with Gasteiger partial charge in [0.15, 0.2) is 5.60 Å². The van der Waals surface area contributed by atoms with Gasteiger partial charge in [-0.05, 0) is 55.3 Å². The van der Waals surface area contributed by atoms with Crippen molar-refractivity contribution in [3.05, 3.63) is 64.4 Å². The average molecular weight is 501 g/mol. The lowest BCUT2D eigenvalue weighted by molar-refractivity contribution is -0.159. The summed E-state index contributed by atoms with van der Waals surface area (Å²) in [5.41, 5.74) is 1.47. The van der Waals surface area contributed by atoms with E-state index in [1.54, 1.807) is 18.2 Å². The SMILES string of the molecule is CCc1oc2ccc(/N=C(/NCc3ccc(Cl)cc3)NC(=O)NCC(C)(O)C(=O)OC)cc2c1C. The Kier molecular flexibility index (Phi) is 8.37. The maximum absolute atomic E-state index is 12.5. The fraction of sp³-hybridized carbons (Fsp3) is 0.320. The van der Waals surface area contributed by atoms with Gasteiger partial charge in [0.1, 0.15) is 11.3 Å². The number of nitrogens with zero attached hydrogens (tertiary/aromatic N) is 1. The van der Waals surface area contributed by atoms with Crippen molar-refractivity contribution in [2.45, 2.75) is 39.3 Å². The number of ether oxygens (including phenoxy) is 1. The van der Waals surface area contributed by atoms with Gasteiger partial charge in [-0.3, -0.25) is 5.32 Å². The van der Waals surface area contributed by atoms with E-state index in [4.69, 9.17) is 16.0 Å². The van der Waals surface area contributed by atoms with Gasteiger partial charge in [0.05, 0.1) is 19.3 Å². The van der Waals surface area contributed by atoms with E-state index in [0.29, 0.717) is 17.3 Å². The lowest BCUT2D eigenvalue weighted by Crippen LogP contribution is -2.52. The molecule has 0 aliphatic heterocycles. The Morgan fingerprint density at radius 1 is 1.17 bits per heavy atom. The first-order valence-electron chi connectivity index (χ1n) is 11.1. The highest BCUT2D eigenvalue weighted by Gasteiger charge is 2.31. The van der Waals surface area contributed by atoms with Gasteiger partial charge in [-0.2, -0.15) is 0 Å². The number of rotatable bonds is 7. The van der Waals surface area contributed by atoms with E-state index in [9.17, 15) is 14.7 Å². The lowest BCUT2D eigenvalue weighted by Gasteiger charge is -2.21.